The van der Waals surface area contributed by atoms with Gasteiger partial charge in [0.25, 0.3) is 5.91 Å². The number of ether oxygens (including phenoxy) is 3. The Morgan fingerprint density at radius 2 is 1.85 bits per heavy atom. The van der Waals surface area contributed by atoms with E-state index in [1.807, 2.05) is 13.8 Å². The van der Waals surface area contributed by atoms with E-state index >= 15 is 0 Å². The van der Waals surface area contributed by atoms with Gasteiger partial charge in [0.05, 0.1) is 22.9 Å². The zero-order valence-corrected chi connectivity index (χ0v) is 20.2. The number of piperidine rings is 1. The molecule has 4 rings (SSSR count). The summed E-state index contributed by atoms with van der Waals surface area (Å²) in [6.07, 6.45) is 0.223. The van der Waals surface area contributed by atoms with Crippen molar-refractivity contribution in [1.29, 1.82) is 0 Å². The Hall–Kier alpha value is -2.75. The summed E-state index contributed by atoms with van der Waals surface area (Å²) in [5.74, 6) is -0.903. The van der Waals surface area contributed by atoms with Crippen LogP contribution in [0, 0.1) is 6.92 Å². The molecule has 1 aromatic carbocycles. The van der Waals surface area contributed by atoms with Crippen LogP contribution in [0.2, 0.25) is 0 Å². The number of benzene rings is 1. The Balaban J connectivity index is 1.43. The summed E-state index contributed by atoms with van der Waals surface area (Å²) in [5.41, 5.74) is 3.10. The molecule has 0 unspecified atom stereocenters. The summed E-state index contributed by atoms with van der Waals surface area (Å²) in [6, 6.07) is 3.51. The van der Waals surface area contributed by atoms with Gasteiger partial charge >= 0.3 is 11.9 Å². The van der Waals surface area contributed by atoms with E-state index in [-0.39, 0.29) is 25.1 Å². The van der Waals surface area contributed by atoms with Crippen LogP contribution in [0.25, 0.3) is 0 Å². The van der Waals surface area contributed by atoms with E-state index in [9.17, 15) is 19.5 Å². The van der Waals surface area contributed by atoms with Gasteiger partial charge in [-0.3, -0.25) is 4.79 Å². The Bertz CT molecular complexity index is 1040. The smallest absolute Gasteiger partial charge is 0.338 e. The maximum absolute atomic E-state index is 13.5. The highest BCUT2D eigenvalue weighted by Gasteiger charge is 2.45. The fraction of sp³-hybridized carbons (Fsp3) is 0.560. The zero-order valence-electron chi connectivity index (χ0n) is 20.2. The number of likely N-dealkylation sites (N-methyl/N-ethyl adjacent to an activating group) is 1. The van der Waals surface area contributed by atoms with E-state index in [2.05, 4.69) is 4.90 Å². The van der Waals surface area contributed by atoms with Crippen LogP contribution in [-0.4, -0.2) is 78.2 Å². The van der Waals surface area contributed by atoms with Crippen molar-refractivity contribution in [2.45, 2.75) is 51.9 Å². The molecule has 0 saturated carbocycles. The van der Waals surface area contributed by atoms with Crippen molar-refractivity contribution in [2.75, 3.05) is 39.9 Å². The van der Waals surface area contributed by atoms with Gasteiger partial charge in [0, 0.05) is 38.9 Å². The van der Waals surface area contributed by atoms with E-state index in [1.54, 1.807) is 26.1 Å². The van der Waals surface area contributed by atoms with Gasteiger partial charge in [0.2, 0.25) is 0 Å². The second kappa shape index (κ2) is 9.48. The van der Waals surface area contributed by atoms with E-state index in [0.29, 0.717) is 55.9 Å². The van der Waals surface area contributed by atoms with E-state index < -0.39 is 17.7 Å². The third-order valence-electron chi connectivity index (χ3n) is 7.26. The number of rotatable bonds is 7. The molecule has 3 aliphatic heterocycles. The van der Waals surface area contributed by atoms with Crippen LogP contribution in [0.4, 0.5) is 0 Å². The average molecular weight is 473 g/mol. The van der Waals surface area contributed by atoms with E-state index in [0.717, 1.165) is 16.7 Å². The van der Waals surface area contributed by atoms with Crippen molar-refractivity contribution in [3.05, 3.63) is 45.7 Å². The average Bonchev–Trinajstić information content (AvgIpc) is 3.37. The minimum atomic E-state index is -0.981. The van der Waals surface area contributed by atoms with Crippen molar-refractivity contribution < 1.29 is 33.7 Å². The Labute approximate surface area is 199 Å². The monoisotopic (exact) mass is 472 g/mol. The normalized spacial score (nSPS) is 20.7. The maximum Gasteiger partial charge on any atom is 0.338 e. The second-order valence-corrected chi connectivity index (χ2v) is 9.14. The Morgan fingerprint density at radius 1 is 1.18 bits per heavy atom. The van der Waals surface area contributed by atoms with Gasteiger partial charge in [-0.25, -0.2) is 9.59 Å². The lowest BCUT2D eigenvalue weighted by Gasteiger charge is -2.42. The predicted octanol–water partition coefficient (Wildman–Crippen LogP) is 1.86. The molecule has 34 heavy (non-hydrogen) atoms. The minimum absolute atomic E-state index is 0.0875. The summed E-state index contributed by atoms with van der Waals surface area (Å²) in [7, 11) is 1.66. The molecule has 3 heterocycles. The molecule has 184 valence electrons. The van der Waals surface area contributed by atoms with Gasteiger partial charge in [-0.1, -0.05) is 6.07 Å². The molecule has 1 saturated heterocycles. The van der Waals surface area contributed by atoms with Crippen LogP contribution in [0.3, 0.4) is 0 Å². The van der Waals surface area contributed by atoms with Gasteiger partial charge in [-0.2, -0.15) is 0 Å². The molecule has 0 aromatic heterocycles. The first-order valence-corrected chi connectivity index (χ1v) is 11.7. The molecule has 0 bridgehead atoms. The lowest BCUT2D eigenvalue weighted by molar-refractivity contribution is -0.162. The minimum Gasteiger partial charge on any atom is -0.457 e. The molecule has 0 spiro atoms. The van der Waals surface area contributed by atoms with Gasteiger partial charge in [0.15, 0.2) is 0 Å². The third-order valence-corrected chi connectivity index (χ3v) is 7.26. The molecule has 1 atom stereocenters. The number of β-amino-alcohol motifs (C(OH)–C–C–N with tert-alkyl or cyclic N) is 1. The molecule has 1 fully saturated rings. The van der Waals surface area contributed by atoms with Gasteiger partial charge in [-0.05, 0) is 50.8 Å². The number of esters is 2. The summed E-state index contributed by atoms with van der Waals surface area (Å²) in [6.45, 7) is 7.72. The van der Waals surface area contributed by atoms with Crippen LogP contribution < -0.4 is 0 Å². The molecule has 9 nitrogen and oxygen atoms in total. The van der Waals surface area contributed by atoms with Crippen LogP contribution in [0.1, 0.15) is 59.8 Å². The van der Waals surface area contributed by atoms with Crippen molar-refractivity contribution in [2.24, 2.45) is 0 Å². The first kappa shape index (κ1) is 24.4. The van der Waals surface area contributed by atoms with E-state index in [4.69, 9.17) is 14.2 Å². The number of aliphatic hydroxyl groups excluding tert-OH is 1. The summed E-state index contributed by atoms with van der Waals surface area (Å²) < 4.78 is 16.2. The number of hydrogen-bond donors (Lipinski definition) is 1. The molecular formula is C25H32N2O7. The molecule has 1 aromatic rings. The fourth-order valence-electron chi connectivity index (χ4n) is 5.11. The lowest BCUT2D eigenvalue weighted by atomic mass is 9.88. The molecular weight excluding hydrogens is 440 g/mol. The highest BCUT2D eigenvalue weighted by molar-refractivity contribution is 5.94. The number of likely N-dealkylation sites (tertiary alicyclic amines) is 1. The number of cyclic esters (lactones) is 2. The first-order valence-electron chi connectivity index (χ1n) is 11.7. The Kier molecular flexibility index (Phi) is 6.80. The molecule has 3 aliphatic rings. The highest BCUT2D eigenvalue weighted by atomic mass is 16.5. The standard InChI is InChI=1S/C25H32N2O7/c1-5-34-25(24(31)26(4)20-14-33-22(29)16(20)3)8-10-27(11-9-25)12-21(28)17-6-7-18-19(15(17)2)13-32-23(18)30/h6-7,21,28H,5,8-14H2,1-4H3/t21-/m0/s1. The molecule has 0 aliphatic carbocycles. The first-order chi connectivity index (χ1) is 16.2. The summed E-state index contributed by atoms with van der Waals surface area (Å²) in [5, 5.41) is 11.0. The lowest BCUT2D eigenvalue weighted by Crippen LogP contribution is -2.56. The number of nitrogens with zero attached hydrogens (tertiary/aromatic N) is 2. The number of carbonyl (C=O) groups is 3. The molecule has 1 N–H and O–H groups in total. The van der Waals surface area contributed by atoms with E-state index in [1.165, 1.54) is 4.90 Å². The predicted molar refractivity (Wildman–Crippen MR) is 122 cm³/mol. The van der Waals surface area contributed by atoms with Gasteiger partial charge in [0.1, 0.15) is 18.8 Å². The van der Waals surface area contributed by atoms with Crippen LogP contribution in [0.15, 0.2) is 23.4 Å². The number of aliphatic hydroxyl groups is 1. The number of fused-ring (bicyclic) bond motifs is 1. The Morgan fingerprint density at radius 3 is 2.47 bits per heavy atom. The largest absolute Gasteiger partial charge is 0.457 e. The van der Waals surface area contributed by atoms with Gasteiger partial charge in [-0.15, -0.1) is 0 Å². The quantitative estimate of drug-likeness (QED) is 0.600. The summed E-state index contributed by atoms with van der Waals surface area (Å²) >= 11 is 0. The van der Waals surface area contributed by atoms with Crippen molar-refractivity contribution in [3.63, 3.8) is 0 Å². The fourth-order valence-corrected chi connectivity index (χ4v) is 5.11. The number of hydrogen-bond acceptors (Lipinski definition) is 8. The van der Waals surface area contributed by atoms with Crippen LogP contribution in [0.5, 0.6) is 0 Å². The van der Waals surface area contributed by atoms with Crippen molar-refractivity contribution in [3.8, 4) is 0 Å². The molecule has 0 radical (unpaired) electrons. The zero-order chi connectivity index (χ0) is 24.6. The van der Waals surface area contributed by atoms with Gasteiger partial charge < -0.3 is 29.1 Å². The van der Waals surface area contributed by atoms with Crippen LogP contribution >= 0.6 is 0 Å². The maximum atomic E-state index is 13.5. The number of carbonyl (C=O) groups excluding carboxylic acids is 3. The number of amides is 1. The van der Waals surface area contributed by atoms with Crippen molar-refractivity contribution in [1.82, 2.24) is 9.80 Å². The highest BCUT2D eigenvalue weighted by Crippen LogP contribution is 2.33. The second-order valence-electron chi connectivity index (χ2n) is 9.14. The van der Waals surface area contributed by atoms with Crippen molar-refractivity contribution >= 4 is 17.8 Å². The SMILES string of the molecule is CCOC1(C(=O)N(C)C2=C(C)C(=O)OC2)CCN(C[C@H](O)c2ccc3c(c2C)COC3=O)CC1. The molecule has 9 heteroatoms. The third kappa shape index (κ3) is 4.23. The summed E-state index contributed by atoms with van der Waals surface area (Å²) in [4.78, 5) is 40.6. The topological polar surface area (TPSA) is 106 Å². The molecule has 1 amide bonds. The van der Waals surface area contributed by atoms with Crippen LogP contribution in [-0.2, 0) is 30.4 Å².